The minimum absolute atomic E-state index is 0.0172. The first kappa shape index (κ1) is 18.7. The van der Waals surface area contributed by atoms with Crippen molar-refractivity contribution in [1.29, 1.82) is 0 Å². The van der Waals surface area contributed by atoms with Crippen LogP contribution in [0.15, 0.2) is 66.0 Å². The van der Waals surface area contributed by atoms with Crippen molar-refractivity contribution in [2.45, 2.75) is 13.1 Å². The Labute approximate surface area is 169 Å². The highest BCUT2D eigenvalue weighted by Gasteiger charge is 2.21. The number of aromatic nitrogens is 1. The third kappa shape index (κ3) is 4.77. The second-order valence-electron chi connectivity index (χ2n) is 6.92. The molecule has 1 saturated heterocycles. The van der Waals surface area contributed by atoms with Crippen LogP contribution < -0.4 is 5.32 Å². The molecular weight excluding hydrogens is 368 g/mol. The summed E-state index contributed by atoms with van der Waals surface area (Å²) in [5.41, 5.74) is 3.39. The molecule has 0 aliphatic carbocycles. The molecule has 0 radical (unpaired) electrons. The van der Waals surface area contributed by atoms with Crippen molar-refractivity contribution in [2.24, 2.45) is 0 Å². The number of amides is 2. The van der Waals surface area contributed by atoms with Crippen molar-refractivity contribution >= 4 is 17.4 Å². The van der Waals surface area contributed by atoms with Crippen LogP contribution in [0.5, 0.6) is 0 Å². The van der Waals surface area contributed by atoms with E-state index in [9.17, 15) is 4.79 Å². The summed E-state index contributed by atoms with van der Waals surface area (Å²) in [6, 6.07) is 20.3. The predicted molar refractivity (Wildman–Crippen MR) is 113 cm³/mol. The van der Waals surface area contributed by atoms with Gasteiger partial charge in [-0.25, -0.2) is 9.78 Å². The molecule has 0 atom stereocenters. The van der Waals surface area contributed by atoms with Crippen molar-refractivity contribution in [3.63, 3.8) is 0 Å². The van der Waals surface area contributed by atoms with E-state index in [0.717, 1.165) is 49.0 Å². The average molecular weight is 393 g/mol. The van der Waals surface area contributed by atoms with Crippen LogP contribution in [0.3, 0.4) is 0 Å². The summed E-state index contributed by atoms with van der Waals surface area (Å²) in [4.78, 5) is 21.4. The fourth-order valence-electron chi connectivity index (χ4n) is 3.32. The molecule has 28 heavy (non-hydrogen) atoms. The van der Waals surface area contributed by atoms with Gasteiger partial charge < -0.3 is 10.2 Å². The van der Waals surface area contributed by atoms with Gasteiger partial charge in [-0.05, 0) is 5.56 Å². The van der Waals surface area contributed by atoms with E-state index >= 15 is 0 Å². The fourth-order valence-corrected chi connectivity index (χ4v) is 4.13. The highest BCUT2D eigenvalue weighted by atomic mass is 32.1. The van der Waals surface area contributed by atoms with E-state index in [1.165, 1.54) is 5.56 Å². The third-order valence-electron chi connectivity index (χ3n) is 4.90. The first-order valence-electron chi connectivity index (χ1n) is 9.57. The quantitative estimate of drug-likeness (QED) is 0.718. The molecule has 5 nitrogen and oxygen atoms in total. The molecule has 1 aromatic heterocycles. The minimum Gasteiger partial charge on any atom is -0.334 e. The van der Waals surface area contributed by atoms with Crippen LogP contribution in [0.25, 0.3) is 10.6 Å². The second kappa shape index (κ2) is 8.99. The van der Waals surface area contributed by atoms with E-state index in [0.29, 0.717) is 6.54 Å². The van der Waals surface area contributed by atoms with E-state index in [4.69, 9.17) is 4.98 Å². The normalized spacial score (nSPS) is 14.8. The lowest BCUT2D eigenvalue weighted by atomic mass is 10.2. The zero-order valence-electron chi connectivity index (χ0n) is 15.8. The molecule has 1 aliphatic heterocycles. The molecule has 0 saturated carbocycles. The minimum atomic E-state index is 0.0172. The summed E-state index contributed by atoms with van der Waals surface area (Å²) in [6.45, 7) is 4.64. The maximum absolute atomic E-state index is 12.4. The zero-order valence-corrected chi connectivity index (χ0v) is 16.6. The number of carbonyl (C=O) groups is 1. The Hall–Kier alpha value is -2.70. The van der Waals surface area contributed by atoms with E-state index in [2.05, 4.69) is 27.7 Å². The fraction of sp³-hybridized carbons (Fsp3) is 0.273. The van der Waals surface area contributed by atoms with Gasteiger partial charge in [0.2, 0.25) is 0 Å². The van der Waals surface area contributed by atoms with Crippen molar-refractivity contribution in [2.75, 3.05) is 26.2 Å². The largest absolute Gasteiger partial charge is 0.334 e. The molecule has 0 spiro atoms. The molecule has 2 amide bonds. The number of nitrogens with one attached hydrogen (secondary N) is 1. The second-order valence-corrected chi connectivity index (χ2v) is 7.78. The van der Waals surface area contributed by atoms with E-state index in [1.807, 2.05) is 53.4 Å². The van der Waals surface area contributed by atoms with Crippen LogP contribution >= 0.6 is 11.3 Å². The van der Waals surface area contributed by atoms with Crippen molar-refractivity contribution in [3.05, 3.63) is 77.3 Å². The lowest BCUT2D eigenvalue weighted by molar-refractivity contribution is 0.134. The molecule has 0 bridgehead atoms. The van der Waals surface area contributed by atoms with E-state index in [1.54, 1.807) is 11.3 Å². The van der Waals surface area contributed by atoms with Crippen LogP contribution in [-0.2, 0) is 13.1 Å². The monoisotopic (exact) mass is 392 g/mol. The van der Waals surface area contributed by atoms with Crippen LogP contribution in [0.2, 0.25) is 0 Å². The average Bonchev–Trinajstić information content (AvgIpc) is 3.22. The third-order valence-corrected chi connectivity index (χ3v) is 5.84. The Morgan fingerprint density at radius 1 is 0.964 bits per heavy atom. The molecule has 4 rings (SSSR count). The van der Waals surface area contributed by atoms with Crippen molar-refractivity contribution in [1.82, 2.24) is 20.1 Å². The Bertz CT molecular complexity index is 889. The molecule has 0 unspecified atom stereocenters. The maximum Gasteiger partial charge on any atom is 0.317 e. The van der Waals surface area contributed by atoms with Crippen LogP contribution in [0.1, 0.15) is 11.3 Å². The van der Waals surface area contributed by atoms with Gasteiger partial charge in [0, 0.05) is 50.2 Å². The molecule has 3 aromatic rings. The summed E-state index contributed by atoms with van der Waals surface area (Å²) >= 11 is 1.69. The van der Waals surface area contributed by atoms with Gasteiger partial charge in [0.25, 0.3) is 0 Å². The van der Waals surface area contributed by atoms with Gasteiger partial charge in [-0.15, -0.1) is 11.3 Å². The highest BCUT2D eigenvalue weighted by Crippen LogP contribution is 2.24. The molecule has 1 N–H and O–H groups in total. The van der Waals surface area contributed by atoms with Crippen LogP contribution in [0.4, 0.5) is 4.79 Å². The van der Waals surface area contributed by atoms with Crippen molar-refractivity contribution < 1.29 is 4.79 Å². The summed E-state index contributed by atoms with van der Waals surface area (Å²) < 4.78 is 0. The smallest absolute Gasteiger partial charge is 0.317 e. The number of thiazole rings is 1. The number of urea groups is 1. The Kier molecular flexibility index (Phi) is 5.99. The summed E-state index contributed by atoms with van der Waals surface area (Å²) in [5.74, 6) is 0. The van der Waals surface area contributed by atoms with Gasteiger partial charge in [-0.2, -0.15) is 0 Å². The number of piperazine rings is 1. The topological polar surface area (TPSA) is 48.5 Å². The summed E-state index contributed by atoms with van der Waals surface area (Å²) in [7, 11) is 0. The van der Waals surface area contributed by atoms with Crippen LogP contribution in [0, 0.1) is 0 Å². The lowest BCUT2D eigenvalue weighted by Crippen LogP contribution is -2.51. The molecule has 1 fully saturated rings. The molecule has 2 heterocycles. The standard InChI is InChI=1S/C22H24N4OS/c27-22(23-15-18-7-3-1-4-8-18)26-13-11-25(12-14-26)16-20-17-28-21(24-20)19-9-5-2-6-10-19/h1-10,17H,11-16H2,(H,23,27). The van der Waals surface area contributed by atoms with Crippen LogP contribution in [-0.4, -0.2) is 47.0 Å². The molecule has 6 heteroatoms. The van der Waals surface area contributed by atoms with Crippen molar-refractivity contribution in [3.8, 4) is 10.6 Å². The highest BCUT2D eigenvalue weighted by molar-refractivity contribution is 7.13. The number of hydrogen-bond acceptors (Lipinski definition) is 4. The number of hydrogen-bond donors (Lipinski definition) is 1. The summed E-state index contributed by atoms with van der Waals surface area (Å²) in [6.07, 6.45) is 0. The van der Waals surface area contributed by atoms with Gasteiger partial charge in [0.15, 0.2) is 0 Å². The first-order valence-corrected chi connectivity index (χ1v) is 10.4. The number of benzene rings is 2. The molecular formula is C22H24N4OS. The van der Waals surface area contributed by atoms with Gasteiger partial charge in [-0.3, -0.25) is 4.90 Å². The van der Waals surface area contributed by atoms with Gasteiger partial charge in [-0.1, -0.05) is 60.7 Å². The Balaban J connectivity index is 1.24. The Morgan fingerprint density at radius 3 is 2.36 bits per heavy atom. The first-order chi connectivity index (χ1) is 13.8. The van der Waals surface area contributed by atoms with Gasteiger partial charge in [0.05, 0.1) is 5.69 Å². The van der Waals surface area contributed by atoms with E-state index < -0.39 is 0 Å². The molecule has 2 aromatic carbocycles. The lowest BCUT2D eigenvalue weighted by Gasteiger charge is -2.34. The van der Waals surface area contributed by atoms with E-state index in [-0.39, 0.29) is 6.03 Å². The molecule has 144 valence electrons. The summed E-state index contributed by atoms with van der Waals surface area (Å²) in [5, 5.41) is 6.22. The predicted octanol–water partition coefficient (Wildman–Crippen LogP) is 3.84. The maximum atomic E-state index is 12.4. The number of nitrogens with zero attached hydrogens (tertiary/aromatic N) is 3. The van der Waals surface area contributed by atoms with Gasteiger partial charge in [0.1, 0.15) is 5.01 Å². The van der Waals surface area contributed by atoms with Gasteiger partial charge >= 0.3 is 6.03 Å². The molecule has 1 aliphatic rings. The SMILES string of the molecule is O=C(NCc1ccccc1)N1CCN(Cc2csc(-c3ccccc3)n2)CC1. The number of rotatable bonds is 5. The Morgan fingerprint density at radius 2 is 1.64 bits per heavy atom. The number of carbonyl (C=O) groups excluding carboxylic acids is 1. The zero-order chi connectivity index (χ0) is 19.2.